The molecule has 0 bridgehead atoms. The van der Waals surface area contributed by atoms with E-state index < -0.39 is 0 Å². The summed E-state index contributed by atoms with van der Waals surface area (Å²) in [6.07, 6.45) is 0. The Balaban J connectivity index is 1.83. The van der Waals surface area contributed by atoms with E-state index in [1.165, 1.54) is 0 Å². The lowest BCUT2D eigenvalue weighted by Crippen LogP contribution is -1.98. The summed E-state index contributed by atoms with van der Waals surface area (Å²) in [4.78, 5) is 0. The van der Waals surface area contributed by atoms with E-state index in [0.717, 1.165) is 10.8 Å². The molecule has 28 heavy (non-hydrogen) atoms. The molecule has 0 saturated carbocycles. The van der Waals surface area contributed by atoms with Crippen LogP contribution in [0.1, 0.15) is 0 Å². The van der Waals surface area contributed by atoms with Crippen LogP contribution < -0.4 is 32.4 Å². The Hall–Kier alpha value is -4.06. The van der Waals surface area contributed by atoms with Crippen molar-refractivity contribution in [2.75, 3.05) is 22.9 Å². The molecule has 6 heteroatoms. The van der Waals surface area contributed by atoms with Crippen molar-refractivity contribution >= 4 is 33.5 Å². The first-order chi connectivity index (χ1) is 13.5. The van der Waals surface area contributed by atoms with Gasteiger partial charge in [-0.1, -0.05) is 30.3 Å². The second-order valence-corrected chi connectivity index (χ2v) is 6.41. The van der Waals surface area contributed by atoms with Crippen LogP contribution in [0.15, 0.2) is 72.8 Å². The summed E-state index contributed by atoms with van der Waals surface area (Å²) in [5, 5.41) is 1.88. The predicted octanol–water partition coefficient (Wildman–Crippen LogP) is 4.75. The Morgan fingerprint density at radius 2 is 1.11 bits per heavy atom. The van der Waals surface area contributed by atoms with Crippen LogP contribution in [0.4, 0.5) is 22.7 Å². The summed E-state index contributed by atoms with van der Waals surface area (Å²) >= 11 is 0. The summed E-state index contributed by atoms with van der Waals surface area (Å²) in [5.41, 5.74) is 25.7. The van der Waals surface area contributed by atoms with E-state index in [1.54, 1.807) is 36.4 Å². The molecule has 0 aromatic heterocycles. The molecule has 4 aromatic carbocycles. The van der Waals surface area contributed by atoms with Crippen LogP contribution in [0.5, 0.6) is 23.0 Å². The van der Waals surface area contributed by atoms with Crippen molar-refractivity contribution in [3.8, 4) is 23.0 Å². The van der Waals surface area contributed by atoms with E-state index in [0.29, 0.717) is 45.7 Å². The Bertz CT molecular complexity index is 1170. The van der Waals surface area contributed by atoms with Gasteiger partial charge in [0.15, 0.2) is 23.0 Å². The molecule has 0 fully saturated rings. The van der Waals surface area contributed by atoms with Gasteiger partial charge in [-0.25, -0.2) is 0 Å². The lowest BCUT2D eigenvalue weighted by atomic mass is 10.1. The highest BCUT2D eigenvalue weighted by Gasteiger charge is 2.15. The van der Waals surface area contributed by atoms with Crippen molar-refractivity contribution in [1.82, 2.24) is 0 Å². The molecule has 0 unspecified atom stereocenters. The highest BCUT2D eigenvalue weighted by molar-refractivity contribution is 5.91. The number of anilines is 4. The normalized spacial score (nSPS) is 10.7. The van der Waals surface area contributed by atoms with E-state index in [2.05, 4.69) is 0 Å². The monoisotopic (exact) mass is 372 g/mol. The standard InChI is InChI=1S/C22H20N4O2/c23-14-6-9-19(17(25)11-14)27-21-8-5-13-3-1-2-4-16(13)22(21)28-20-10-7-15(24)12-18(20)26/h1-12H,23-26H2. The third kappa shape index (κ3) is 3.31. The highest BCUT2D eigenvalue weighted by Crippen LogP contribution is 2.43. The number of nitrogens with two attached hydrogens (primary N) is 4. The van der Waals surface area contributed by atoms with E-state index in [-0.39, 0.29) is 0 Å². The first-order valence-corrected chi connectivity index (χ1v) is 8.69. The molecule has 4 rings (SSSR count). The van der Waals surface area contributed by atoms with Crippen molar-refractivity contribution in [2.24, 2.45) is 0 Å². The molecule has 6 nitrogen and oxygen atoms in total. The minimum Gasteiger partial charge on any atom is -0.451 e. The second kappa shape index (κ2) is 6.92. The fourth-order valence-corrected chi connectivity index (χ4v) is 2.96. The molecule has 0 aliphatic rings. The van der Waals surface area contributed by atoms with E-state index in [9.17, 15) is 0 Å². The maximum absolute atomic E-state index is 6.17. The molecule has 4 aromatic rings. The molecule has 0 amide bonds. The summed E-state index contributed by atoms with van der Waals surface area (Å²) in [6, 6.07) is 21.8. The Morgan fingerprint density at radius 3 is 1.75 bits per heavy atom. The molecular formula is C22H20N4O2. The number of hydrogen-bond donors (Lipinski definition) is 4. The molecule has 0 aliphatic heterocycles. The van der Waals surface area contributed by atoms with Gasteiger partial charge in [0.05, 0.1) is 11.4 Å². The van der Waals surface area contributed by atoms with Crippen molar-refractivity contribution in [1.29, 1.82) is 0 Å². The molecular weight excluding hydrogens is 352 g/mol. The van der Waals surface area contributed by atoms with Crippen LogP contribution in [0.3, 0.4) is 0 Å². The van der Waals surface area contributed by atoms with Gasteiger partial charge in [-0.2, -0.15) is 0 Å². The summed E-state index contributed by atoms with van der Waals surface area (Å²) in [7, 11) is 0. The van der Waals surface area contributed by atoms with Gasteiger partial charge in [0.1, 0.15) is 0 Å². The highest BCUT2D eigenvalue weighted by atomic mass is 16.5. The molecule has 0 radical (unpaired) electrons. The number of benzene rings is 4. The minimum atomic E-state index is 0.436. The third-order valence-corrected chi connectivity index (χ3v) is 4.34. The number of rotatable bonds is 4. The van der Waals surface area contributed by atoms with Crippen molar-refractivity contribution in [3.63, 3.8) is 0 Å². The summed E-state index contributed by atoms with van der Waals surface area (Å²) < 4.78 is 12.2. The quantitative estimate of drug-likeness (QED) is 0.383. The van der Waals surface area contributed by atoms with Crippen LogP contribution in [-0.4, -0.2) is 0 Å². The van der Waals surface area contributed by atoms with Crippen LogP contribution in [-0.2, 0) is 0 Å². The largest absolute Gasteiger partial charge is 0.451 e. The fourth-order valence-electron chi connectivity index (χ4n) is 2.96. The van der Waals surface area contributed by atoms with Crippen molar-refractivity contribution in [2.45, 2.75) is 0 Å². The lowest BCUT2D eigenvalue weighted by molar-refractivity contribution is 0.425. The number of nitrogen functional groups attached to an aromatic ring is 4. The molecule has 0 spiro atoms. The average Bonchev–Trinajstić information content (AvgIpc) is 2.67. The summed E-state index contributed by atoms with van der Waals surface area (Å²) in [6.45, 7) is 0. The zero-order valence-electron chi connectivity index (χ0n) is 15.1. The maximum atomic E-state index is 6.17. The van der Waals surface area contributed by atoms with Crippen LogP contribution in [0.2, 0.25) is 0 Å². The molecule has 0 heterocycles. The Morgan fingerprint density at radius 1 is 0.536 bits per heavy atom. The first-order valence-electron chi connectivity index (χ1n) is 8.69. The Kier molecular flexibility index (Phi) is 4.29. The zero-order valence-corrected chi connectivity index (χ0v) is 15.1. The number of hydrogen-bond acceptors (Lipinski definition) is 6. The SMILES string of the molecule is Nc1ccc(Oc2ccc3ccccc3c2Oc2ccc(N)cc2N)c(N)c1. The molecule has 140 valence electrons. The third-order valence-electron chi connectivity index (χ3n) is 4.34. The fraction of sp³-hybridized carbons (Fsp3) is 0. The van der Waals surface area contributed by atoms with Crippen LogP contribution >= 0.6 is 0 Å². The molecule has 0 saturated heterocycles. The van der Waals surface area contributed by atoms with Gasteiger partial charge in [0.25, 0.3) is 0 Å². The lowest BCUT2D eigenvalue weighted by Gasteiger charge is -2.17. The van der Waals surface area contributed by atoms with Gasteiger partial charge in [0, 0.05) is 16.8 Å². The molecule has 0 aliphatic carbocycles. The molecule has 8 N–H and O–H groups in total. The van der Waals surface area contributed by atoms with Gasteiger partial charge in [-0.05, 0) is 47.9 Å². The van der Waals surface area contributed by atoms with Gasteiger partial charge < -0.3 is 32.4 Å². The number of ether oxygens (including phenoxy) is 2. The zero-order chi connectivity index (χ0) is 19.7. The van der Waals surface area contributed by atoms with E-state index >= 15 is 0 Å². The maximum Gasteiger partial charge on any atom is 0.177 e. The minimum absolute atomic E-state index is 0.436. The topological polar surface area (TPSA) is 123 Å². The van der Waals surface area contributed by atoms with Crippen molar-refractivity contribution < 1.29 is 9.47 Å². The van der Waals surface area contributed by atoms with Gasteiger partial charge in [-0.3, -0.25) is 0 Å². The number of fused-ring (bicyclic) bond motifs is 1. The van der Waals surface area contributed by atoms with Gasteiger partial charge in [-0.15, -0.1) is 0 Å². The summed E-state index contributed by atoms with van der Waals surface area (Å²) in [5.74, 6) is 2.01. The molecule has 0 atom stereocenters. The van der Waals surface area contributed by atoms with Crippen molar-refractivity contribution in [3.05, 3.63) is 72.8 Å². The predicted molar refractivity (Wildman–Crippen MR) is 115 cm³/mol. The van der Waals surface area contributed by atoms with E-state index in [1.807, 2.05) is 36.4 Å². The van der Waals surface area contributed by atoms with Gasteiger partial charge >= 0.3 is 0 Å². The van der Waals surface area contributed by atoms with Gasteiger partial charge in [0.2, 0.25) is 0 Å². The van der Waals surface area contributed by atoms with Crippen LogP contribution in [0.25, 0.3) is 10.8 Å². The second-order valence-electron chi connectivity index (χ2n) is 6.41. The first kappa shape index (κ1) is 17.4. The smallest absolute Gasteiger partial charge is 0.177 e. The average molecular weight is 372 g/mol. The van der Waals surface area contributed by atoms with E-state index in [4.69, 9.17) is 32.4 Å². The Labute approximate surface area is 162 Å². The van der Waals surface area contributed by atoms with Crippen LogP contribution in [0, 0.1) is 0 Å².